The van der Waals surface area contributed by atoms with E-state index in [1.165, 1.54) is 5.56 Å². The SMILES string of the molecule is CCCCc1ccc(C(=O)c2cc3c(cc2N)OCO3)cc1. The van der Waals surface area contributed by atoms with Crippen molar-refractivity contribution in [1.29, 1.82) is 0 Å². The van der Waals surface area contributed by atoms with Gasteiger partial charge in [0.15, 0.2) is 17.3 Å². The zero-order valence-electron chi connectivity index (χ0n) is 12.6. The topological polar surface area (TPSA) is 61.6 Å². The van der Waals surface area contributed by atoms with Crippen LogP contribution in [0.15, 0.2) is 36.4 Å². The second-order valence-electron chi connectivity index (χ2n) is 5.42. The standard InChI is InChI=1S/C18H19NO3/c1-2-3-4-12-5-7-13(8-6-12)18(20)14-9-16-17(10-15(14)19)22-11-21-16/h5-10H,2-4,11,19H2,1H3. The summed E-state index contributed by atoms with van der Waals surface area (Å²) in [6, 6.07) is 11.0. The Morgan fingerprint density at radius 2 is 1.82 bits per heavy atom. The van der Waals surface area contributed by atoms with Crippen LogP contribution in [0, 0.1) is 0 Å². The van der Waals surface area contributed by atoms with Gasteiger partial charge in [-0.05, 0) is 24.5 Å². The molecule has 114 valence electrons. The Hall–Kier alpha value is -2.49. The molecule has 4 nitrogen and oxygen atoms in total. The predicted molar refractivity (Wildman–Crippen MR) is 85.5 cm³/mol. The van der Waals surface area contributed by atoms with E-state index in [0.29, 0.717) is 28.3 Å². The minimum atomic E-state index is -0.0992. The second kappa shape index (κ2) is 6.10. The number of unbranched alkanes of at least 4 members (excludes halogenated alkanes) is 1. The molecule has 0 atom stereocenters. The van der Waals surface area contributed by atoms with Gasteiger partial charge in [-0.3, -0.25) is 4.79 Å². The number of hydrogen-bond donors (Lipinski definition) is 1. The molecule has 0 saturated heterocycles. The first-order valence-electron chi connectivity index (χ1n) is 7.52. The summed E-state index contributed by atoms with van der Waals surface area (Å²) in [5, 5.41) is 0. The summed E-state index contributed by atoms with van der Waals surface area (Å²) in [5.41, 5.74) is 8.71. The van der Waals surface area contributed by atoms with Crippen LogP contribution in [0.4, 0.5) is 5.69 Å². The average molecular weight is 297 g/mol. The molecule has 0 spiro atoms. The van der Waals surface area contributed by atoms with Crippen molar-refractivity contribution in [3.8, 4) is 11.5 Å². The van der Waals surface area contributed by atoms with Crippen molar-refractivity contribution < 1.29 is 14.3 Å². The highest BCUT2D eigenvalue weighted by Crippen LogP contribution is 2.36. The highest BCUT2D eigenvalue weighted by atomic mass is 16.7. The maximum atomic E-state index is 12.6. The molecule has 0 amide bonds. The van der Waals surface area contributed by atoms with Gasteiger partial charge in [0.1, 0.15) is 0 Å². The summed E-state index contributed by atoms with van der Waals surface area (Å²) < 4.78 is 10.6. The van der Waals surface area contributed by atoms with Crippen molar-refractivity contribution >= 4 is 11.5 Å². The number of benzene rings is 2. The number of ether oxygens (including phenoxy) is 2. The molecule has 1 aliphatic rings. The van der Waals surface area contributed by atoms with Crippen LogP contribution < -0.4 is 15.2 Å². The van der Waals surface area contributed by atoms with E-state index in [-0.39, 0.29) is 12.6 Å². The van der Waals surface area contributed by atoms with Gasteiger partial charge < -0.3 is 15.2 Å². The van der Waals surface area contributed by atoms with Crippen LogP contribution in [0.3, 0.4) is 0 Å². The quantitative estimate of drug-likeness (QED) is 0.677. The first-order valence-corrected chi connectivity index (χ1v) is 7.52. The number of anilines is 1. The third-order valence-electron chi connectivity index (χ3n) is 3.82. The smallest absolute Gasteiger partial charge is 0.231 e. The Bertz CT molecular complexity index is 692. The van der Waals surface area contributed by atoms with Crippen LogP contribution in [-0.4, -0.2) is 12.6 Å². The molecule has 0 aliphatic carbocycles. The number of carbonyl (C=O) groups excluding carboxylic acids is 1. The van der Waals surface area contributed by atoms with Crippen molar-refractivity contribution in [1.82, 2.24) is 0 Å². The Balaban J connectivity index is 1.85. The van der Waals surface area contributed by atoms with Crippen molar-refractivity contribution in [2.24, 2.45) is 0 Å². The zero-order valence-corrected chi connectivity index (χ0v) is 12.6. The van der Waals surface area contributed by atoms with Crippen LogP contribution >= 0.6 is 0 Å². The molecule has 0 fully saturated rings. The van der Waals surface area contributed by atoms with E-state index < -0.39 is 0 Å². The summed E-state index contributed by atoms with van der Waals surface area (Å²) in [7, 11) is 0. The van der Waals surface area contributed by atoms with E-state index in [4.69, 9.17) is 15.2 Å². The van der Waals surface area contributed by atoms with E-state index in [0.717, 1.165) is 19.3 Å². The van der Waals surface area contributed by atoms with Gasteiger partial charge in [0.25, 0.3) is 0 Å². The molecule has 0 unspecified atom stereocenters. The van der Waals surface area contributed by atoms with Crippen LogP contribution in [0.25, 0.3) is 0 Å². The zero-order chi connectivity index (χ0) is 15.5. The van der Waals surface area contributed by atoms with Crippen molar-refractivity contribution in [2.45, 2.75) is 26.2 Å². The first kappa shape index (κ1) is 14.4. The summed E-state index contributed by atoms with van der Waals surface area (Å²) in [6.07, 6.45) is 3.36. The second-order valence-corrected chi connectivity index (χ2v) is 5.42. The van der Waals surface area contributed by atoms with Crippen molar-refractivity contribution in [3.63, 3.8) is 0 Å². The number of nitrogen functional groups attached to an aromatic ring is 1. The maximum absolute atomic E-state index is 12.6. The van der Waals surface area contributed by atoms with Crippen LogP contribution in [-0.2, 0) is 6.42 Å². The minimum Gasteiger partial charge on any atom is -0.454 e. The minimum absolute atomic E-state index is 0.0992. The molecule has 0 bridgehead atoms. The molecule has 2 aromatic rings. The number of nitrogens with two attached hydrogens (primary N) is 1. The molecule has 0 saturated carbocycles. The first-order chi connectivity index (χ1) is 10.7. The molecule has 22 heavy (non-hydrogen) atoms. The van der Waals surface area contributed by atoms with E-state index in [9.17, 15) is 4.79 Å². The summed E-state index contributed by atoms with van der Waals surface area (Å²) in [5.74, 6) is 1.05. The lowest BCUT2D eigenvalue weighted by Gasteiger charge is -2.07. The van der Waals surface area contributed by atoms with E-state index >= 15 is 0 Å². The molecular formula is C18H19NO3. The Kier molecular flexibility index (Phi) is 4.00. The predicted octanol–water partition coefficient (Wildman–Crippen LogP) is 3.57. The largest absolute Gasteiger partial charge is 0.454 e. The summed E-state index contributed by atoms with van der Waals surface area (Å²) >= 11 is 0. The Morgan fingerprint density at radius 1 is 1.14 bits per heavy atom. The van der Waals surface area contributed by atoms with Crippen LogP contribution in [0.1, 0.15) is 41.3 Å². The fourth-order valence-electron chi connectivity index (χ4n) is 2.51. The Labute approximate surface area is 129 Å². The monoisotopic (exact) mass is 297 g/mol. The van der Waals surface area contributed by atoms with E-state index in [1.807, 2.05) is 24.3 Å². The van der Waals surface area contributed by atoms with Gasteiger partial charge in [0.05, 0.1) is 0 Å². The molecule has 1 aliphatic heterocycles. The fraction of sp³-hybridized carbons (Fsp3) is 0.278. The molecule has 2 aromatic carbocycles. The fourth-order valence-corrected chi connectivity index (χ4v) is 2.51. The van der Waals surface area contributed by atoms with E-state index in [1.54, 1.807) is 12.1 Å². The summed E-state index contributed by atoms with van der Waals surface area (Å²) in [4.78, 5) is 12.6. The van der Waals surface area contributed by atoms with Gasteiger partial charge in [-0.15, -0.1) is 0 Å². The van der Waals surface area contributed by atoms with Gasteiger partial charge in [0, 0.05) is 22.9 Å². The third kappa shape index (κ3) is 2.77. The molecule has 0 aromatic heterocycles. The lowest BCUT2D eigenvalue weighted by atomic mass is 9.99. The molecule has 1 heterocycles. The van der Waals surface area contributed by atoms with Crippen LogP contribution in [0.5, 0.6) is 11.5 Å². The number of carbonyl (C=O) groups is 1. The van der Waals surface area contributed by atoms with Gasteiger partial charge in [0.2, 0.25) is 6.79 Å². The Morgan fingerprint density at radius 3 is 2.50 bits per heavy atom. The molecule has 2 N–H and O–H groups in total. The van der Waals surface area contributed by atoms with Gasteiger partial charge in [-0.25, -0.2) is 0 Å². The highest BCUT2D eigenvalue weighted by molar-refractivity contribution is 6.12. The van der Waals surface area contributed by atoms with Gasteiger partial charge >= 0.3 is 0 Å². The van der Waals surface area contributed by atoms with Crippen molar-refractivity contribution in [3.05, 3.63) is 53.1 Å². The molecule has 0 radical (unpaired) electrons. The maximum Gasteiger partial charge on any atom is 0.231 e. The van der Waals surface area contributed by atoms with Gasteiger partial charge in [-0.2, -0.15) is 0 Å². The lowest BCUT2D eigenvalue weighted by Crippen LogP contribution is -2.05. The highest BCUT2D eigenvalue weighted by Gasteiger charge is 2.20. The number of rotatable bonds is 5. The number of aryl methyl sites for hydroxylation is 1. The van der Waals surface area contributed by atoms with Crippen LogP contribution in [0.2, 0.25) is 0 Å². The number of hydrogen-bond acceptors (Lipinski definition) is 4. The normalized spacial score (nSPS) is 12.4. The molecular weight excluding hydrogens is 278 g/mol. The van der Waals surface area contributed by atoms with Gasteiger partial charge in [-0.1, -0.05) is 37.6 Å². The summed E-state index contributed by atoms with van der Waals surface area (Å²) in [6.45, 7) is 2.33. The average Bonchev–Trinajstić information content (AvgIpc) is 2.99. The van der Waals surface area contributed by atoms with Crippen molar-refractivity contribution in [2.75, 3.05) is 12.5 Å². The molecule has 3 rings (SSSR count). The third-order valence-corrected chi connectivity index (χ3v) is 3.82. The number of ketones is 1. The van der Waals surface area contributed by atoms with E-state index in [2.05, 4.69) is 6.92 Å². The molecule has 4 heteroatoms. The number of fused-ring (bicyclic) bond motifs is 1. The lowest BCUT2D eigenvalue weighted by molar-refractivity contribution is 0.103.